The van der Waals surface area contributed by atoms with Crippen LogP contribution in [0.2, 0.25) is 0 Å². The lowest BCUT2D eigenvalue weighted by Gasteiger charge is -2.29. The molecule has 126 valence electrons. The molecule has 0 radical (unpaired) electrons. The minimum absolute atomic E-state index is 0.0768. The molecule has 4 N–H and O–H groups in total. The number of hydrazone groups is 1. The summed E-state index contributed by atoms with van der Waals surface area (Å²) in [5.41, 5.74) is 9.54. The quantitative estimate of drug-likeness (QED) is 0.739. The largest absolute Gasteiger partial charge is 0.455 e. The van der Waals surface area contributed by atoms with E-state index in [2.05, 4.69) is 29.7 Å². The summed E-state index contributed by atoms with van der Waals surface area (Å²) in [6.07, 6.45) is 2.23. The molecular formula is C16H24N4O3. The van der Waals surface area contributed by atoms with Gasteiger partial charge in [-0.2, -0.15) is 5.10 Å². The summed E-state index contributed by atoms with van der Waals surface area (Å²) < 4.78 is 5.83. The number of primary amides is 1. The average Bonchev–Trinajstić information content (AvgIpc) is 2.77. The summed E-state index contributed by atoms with van der Waals surface area (Å²) in [6.45, 7) is 8.60. The molecule has 7 heteroatoms. The lowest BCUT2D eigenvalue weighted by atomic mass is 9.75. The van der Waals surface area contributed by atoms with E-state index in [0.29, 0.717) is 30.9 Å². The van der Waals surface area contributed by atoms with E-state index in [1.165, 1.54) is 0 Å². The van der Waals surface area contributed by atoms with Crippen LogP contribution in [0.3, 0.4) is 0 Å². The van der Waals surface area contributed by atoms with Gasteiger partial charge < -0.3 is 15.5 Å². The Bertz CT molecular complexity index is 659. The molecule has 0 bridgehead atoms. The highest BCUT2D eigenvalue weighted by atomic mass is 16.4. The van der Waals surface area contributed by atoms with Gasteiger partial charge in [-0.1, -0.05) is 20.8 Å². The fourth-order valence-corrected chi connectivity index (χ4v) is 2.87. The minimum atomic E-state index is -0.718. The average molecular weight is 320 g/mol. The zero-order chi connectivity index (χ0) is 17.2. The van der Waals surface area contributed by atoms with Gasteiger partial charge in [0.1, 0.15) is 5.76 Å². The molecule has 0 unspecified atom stereocenters. The first-order valence-corrected chi connectivity index (χ1v) is 7.78. The van der Waals surface area contributed by atoms with E-state index in [0.717, 1.165) is 23.3 Å². The third-order valence-electron chi connectivity index (χ3n) is 3.84. The molecule has 0 aromatic carbocycles. The van der Waals surface area contributed by atoms with Crippen LogP contribution < -0.4 is 16.5 Å². The van der Waals surface area contributed by atoms with Crippen molar-refractivity contribution in [3.05, 3.63) is 22.6 Å². The topological polar surface area (TPSA) is 110 Å². The molecule has 3 amide bonds. The Labute approximate surface area is 135 Å². The van der Waals surface area contributed by atoms with E-state index in [4.69, 9.17) is 10.2 Å². The van der Waals surface area contributed by atoms with Crippen molar-refractivity contribution in [2.75, 3.05) is 6.54 Å². The second-order valence-electron chi connectivity index (χ2n) is 6.66. The summed E-state index contributed by atoms with van der Waals surface area (Å²) in [6, 6.07) is -0.718. The maximum atomic E-state index is 12.2. The molecule has 23 heavy (non-hydrogen) atoms. The number of urea groups is 1. The normalized spacial score (nSPS) is 17.7. The summed E-state index contributed by atoms with van der Waals surface area (Å²) in [5.74, 6) is 0.817. The Kier molecular flexibility index (Phi) is 4.77. The van der Waals surface area contributed by atoms with Gasteiger partial charge in [0.15, 0.2) is 5.76 Å². The number of carbonyl (C=O) groups is 2. The van der Waals surface area contributed by atoms with Gasteiger partial charge in [-0.3, -0.25) is 4.79 Å². The Hall–Kier alpha value is -2.31. The van der Waals surface area contributed by atoms with Crippen LogP contribution in [0, 0.1) is 12.3 Å². The van der Waals surface area contributed by atoms with E-state index in [1.54, 1.807) is 0 Å². The molecule has 1 aliphatic rings. The summed E-state index contributed by atoms with van der Waals surface area (Å²) in [7, 11) is 0. The Morgan fingerprint density at radius 2 is 2.04 bits per heavy atom. The lowest BCUT2D eigenvalue weighted by molar-refractivity contribution is 0.0922. The molecule has 2 rings (SSSR count). The number of furan rings is 1. The van der Waals surface area contributed by atoms with Crippen LogP contribution in [0.5, 0.6) is 0 Å². The zero-order valence-corrected chi connectivity index (χ0v) is 14.1. The molecule has 0 saturated carbocycles. The van der Waals surface area contributed by atoms with Crippen LogP contribution in [0.4, 0.5) is 4.79 Å². The highest BCUT2D eigenvalue weighted by Crippen LogP contribution is 2.38. The van der Waals surface area contributed by atoms with Crippen molar-refractivity contribution in [3.63, 3.8) is 0 Å². The van der Waals surface area contributed by atoms with E-state index >= 15 is 0 Å². The highest BCUT2D eigenvalue weighted by molar-refractivity contribution is 6.07. The second-order valence-corrected chi connectivity index (χ2v) is 6.66. The molecule has 1 aromatic rings. The molecular weight excluding hydrogens is 296 g/mol. The summed E-state index contributed by atoms with van der Waals surface area (Å²) >= 11 is 0. The second kappa shape index (κ2) is 6.44. The molecule has 1 aromatic heterocycles. The number of hydrogen-bond donors (Lipinski definition) is 3. The van der Waals surface area contributed by atoms with E-state index in [1.807, 2.05) is 13.8 Å². The molecule has 0 aliphatic heterocycles. The van der Waals surface area contributed by atoms with E-state index < -0.39 is 6.03 Å². The van der Waals surface area contributed by atoms with Crippen molar-refractivity contribution < 1.29 is 14.0 Å². The van der Waals surface area contributed by atoms with E-state index in [9.17, 15) is 9.59 Å². The number of nitrogens with two attached hydrogens (primary N) is 1. The number of fused-ring (bicyclic) bond motifs is 1. The number of nitrogens with zero attached hydrogens (tertiary/aromatic N) is 1. The van der Waals surface area contributed by atoms with E-state index in [-0.39, 0.29) is 11.3 Å². The van der Waals surface area contributed by atoms with Crippen molar-refractivity contribution in [1.82, 2.24) is 10.7 Å². The van der Waals surface area contributed by atoms with Crippen LogP contribution in [-0.4, -0.2) is 24.2 Å². The monoisotopic (exact) mass is 320 g/mol. The zero-order valence-electron chi connectivity index (χ0n) is 14.1. The SMILES string of the molecule is CCCNC(=O)c1oc2c(c1C)/C(=N\NC(N)=O)CC(C)(C)C2. The van der Waals surface area contributed by atoms with Gasteiger partial charge in [-0.05, 0) is 25.2 Å². The summed E-state index contributed by atoms with van der Waals surface area (Å²) in [4.78, 5) is 23.2. The highest BCUT2D eigenvalue weighted by Gasteiger charge is 2.36. The number of rotatable bonds is 4. The first-order chi connectivity index (χ1) is 10.7. The van der Waals surface area contributed by atoms with Gasteiger partial charge in [0.2, 0.25) is 0 Å². The van der Waals surface area contributed by atoms with Gasteiger partial charge in [-0.25, -0.2) is 10.2 Å². The van der Waals surface area contributed by atoms with Crippen molar-refractivity contribution >= 4 is 17.6 Å². The Morgan fingerprint density at radius 3 is 2.65 bits per heavy atom. The number of hydrogen-bond acceptors (Lipinski definition) is 4. The third-order valence-corrected chi connectivity index (χ3v) is 3.84. The summed E-state index contributed by atoms with van der Waals surface area (Å²) in [5, 5.41) is 6.94. The predicted molar refractivity (Wildman–Crippen MR) is 87.4 cm³/mol. The first-order valence-electron chi connectivity index (χ1n) is 7.78. The van der Waals surface area contributed by atoms with Gasteiger partial charge >= 0.3 is 6.03 Å². The molecule has 1 aliphatic carbocycles. The molecule has 0 spiro atoms. The first kappa shape index (κ1) is 17.1. The van der Waals surface area contributed by atoms with Crippen LogP contribution in [0.1, 0.15) is 61.1 Å². The van der Waals surface area contributed by atoms with Crippen LogP contribution in [-0.2, 0) is 6.42 Å². The van der Waals surface area contributed by atoms with Crippen LogP contribution in [0.15, 0.2) is 9.52 Å². The van der Waals surface area contributed by atoms with Crippen molar-refractivity contribution in [2.24, 2.45) is 16.3 Å². The number of nitrogens with one attached hydrogen (secondary N) is 2. The molecule has 0 fully saturated rings. The van der Waals surface area contributed by atoms with Gasteiger partial charge in [0, 0.05) is 24.1 Å². The van der Waals surface area contributed by atoms with Crippen molar-refractivity contribution in [2.45, 2.75) is 47.0 Å². The van der Waals surface area contributed by atoms with Gasteiger partial charge in [0.05, 0.1) is 5.71 Å². The van der Waals surface area contributed by atoms with Crippen LogP contribution in [0.25, 0.3) is 0 Å². The molecule has 0 saturated heterocycles. The Balaban J connectivity index is 2.43. The Morgan fingerprint density at radius 1 is 1.35 bits per heavy atom. The smallest absolute Gasteiger partial charge is 0.332 e. The maximum absolute atomic E-state index is 12.2. The number of carbonyl (C=O) groups excluding carboxylic acids is 2. The van der Waals surface area contributed by atoms with Gasteiger partial charge in [-0.15, -0.1) is 0 Å². The fraction of sp³-hybridized carbons (Fsp3) is 0.562. The molecule has 7 nitrogen and oxygen atoms in total. The van der Waals surface area contributed by atoms with Crippen molar-refractivity contribution in [1.29, 1.82) is 0 Å². The fourth-order valence-electron chi connectivity index (χ4n) is 2.87. The number of amides is 3. The van der Waals surface area contributed by atoms with Crippen molar-refractivity contribution in [3.8, 4) is 0 Å². The minimum Gasteiger partial charge on any atom is -0.455 e. The van der Waals surface area contributed by atoms with Gasteiger partial charge in [0.25, 0.3) is 5.91 Å². The standard InChI is InChI=1S/C16H24N4O3/c1-5-6-18-14(21)13-9(2)12-10(19-20-15(17)22)7-16(3,4)8-11(12)23-13/h5-8H2,1-4H3,(H,18,21)(H3,17,20,22)/b19-10-. The third kappa shape index (κ3) is 3.72. The maximum Gasteiger partial charge on any atom is 0.332 e. The lowest BCUT2D eigenvalue weighted by Crippen LogP contribution is -2.31. The van der Waals surface area contributed by atoms with Crippen LogP contribution >= 0.6 is 0 Å². The molecule has 0 atom stereocenters. The predicted octanol–water partition coefficient (Wildman–Crippen LogP) is 2.07. The molecule has 1 heterocycles.